The second kappa shape index (κ2) is 6.58. The Morgan fingerprint density at radius 3 is 2.95 bits per heavy atom. The third-order valence-corrected chi connectivity index (χ3v) is 3.34. The second-order valence-electron chi connectivity index (χ2n) is 4.94. The summed E-state index contributed by atoms with van der Waals surface area (Å²) in [4.78, 5) is 25.2. The van der Waals surface area contributed by atoms with Crippen molar-refractivity contribution >= 4 is 17.6 Å². The zero-order valence-corrected chi connectivity index (χ0v) is 12.2. The number of aliphatic hydroxyl groups excluding tert-OH is 1. The highest BCUT2D eigenvalue weighted by Crippen LogP contribution is 2.32. The van der Waals surface area contributed by atoms with Gasteiger partial charge >= 0.3 is 5.97 Å². The van der Waals surface area contributed by atoms with E-state index in [0.29, 0.717) is 17.0 Å². The first-order chi connectivity index (χ1) is 10.0. The summed E-state index contributed by atoms with van der Waals surface area (Å²) in [7, 11) is 0. The molecule has 114 valence electrons. The van der Waals surface area contributed by atoms with Crippen LogP contribution in [-0.4, -0.2) is 36.2 Å². The van der Waals surface area contributed by atoms with Gasteiger partial charge in [0.15, 0.2) is 6.61 Å². The molecular weight excluding hydrogens is 274 g/mol. The van der Waals surface area contributed by atoms with Crippen LogP contribution in [0.15, 0.2) is 18.2 Å². The maximum Gasteiger partial charge on any atom is 0.326 e. The van der Waals surface area contributed by atoms with Gasteiger partial charge in [0, 0.05) is 0 Å². The van der Waals surface area contributed by atoms with Crippen molar-refractivity contribution in [2.24, 2.45) is 0 Å². The maximum atomic E-state index is 11.9. The molecule has 6 nitrogen and oxygen atoms in total. The van der Waals surface area contributed by atoms with Gasteiger partial charge in [0.1, 0.15) is 12.3 Å². The van der Waals surface area contributed by atoms with E-state index in [1.54, 1.807) is 25.1 Å². The molecular formula is C15H19NO5. The molecule has 0 radical (unpaired) electrons. The summed E-state index contributed by atoms with van der Waals surface area (Å²) in [6.45, 7) is 3.35. The van der Waals surface area contributed by atoms with Crippen molar-refractivity contribution in [1.29, 1.82) is 0 Å². The van der Waals surface area contributed by atoms with Crippen molar-refractivity contribution in [2.75, 3.05) is 18.1 Å². The van der Waals surface area contributed by atoms with Crippen LogP contribution in [0.2, 0.25) is 0 Å². The van der Waals surface area contributed by atoms with Crippen molar-refractivity contribution in [3.05, 3.63) is 23.8 Å². The van der Waals surface area contributed by atoms with Crippen LogP contribution in [0.1, 0.15) is 25.8 Å². The summed E-state index contributed by atoms with van der Waals surface area (Å²) in [6.07, 6.45) is 0.545. The first-order valence-corrected chi connectivity index (χ1v) is 6.91. The third-order valence-electron chi connectivity index (χ3n) is 3.34. The lowest BCUT2D eigenvalue weighted by atomic mass is 10.1. The number of amides is 1. The van der Waals surface area contributed by atoms with E-state index in [1.165, 1.54) is 4.90 Å². The number of ether oxygens (including phenoxy) is 2. The fourth-order valence-electron chi connectivity index (χ4n) is 1.99. The Bertz CT molecular complexity index is 543. The first-order valence-electron chi connectivity index (χ1n) is 6.91. The van der Waals surface area contributed by atoms with Gasteiger partial charge in [0.05, 0.1) is 18.4 Å². The summed E-state index contributed by atoms with van der Waals surface area (Å²) in [5, 5.41) is 9.12. The van der Waals surface area contributed by atoms with Crippen molar-refractivity contribution < 1.29 is 24.2 Å². The Kier molecular flexibility index (Phi) is 4.80. The Morgan fingerprint density at radius 2 is 2.29 bits per heavy atom. The molecule has 0 saturated carbocycles. The van der Waals surface area contributed by atoms with E-state index in [2.05, 4.69) is 0 Å². The summed E-state index contributed by atoms with van der Waals surface area (Å²) in [5.74, 6) is -0.255. The van der Waals surface area contributed by atoms with E-state index in [9.17, 15) is 9.59 Å². The predicted octanol–water partition coefficient (Wildman–Crippen LogP) is 1.25. The number of hydrogen-bond acceptors (Lipinski definition) is 5. The van der Waals surface area contributed by atoms with Gasteiger partial charge in [0.25, 0.3) is 5.91 Å². The van der Waals surface area contributed by atoms with Gasteiger partial charge in [-0.3, -0.25) is 14.5 Å². The number of aliphatic hydroxyl groups is 1. The fourth-order valence-corrected chi connectivity index (χ4v) is 1.99. The molecule has 6 heteroatoms. The number of hydrogen-bond donors (Lipinski definition) is 1. The highest BCUT2D eigenvalue weighted by atomic mass is 16.5. The molecule has 1 amide bonds. The molecule has 0 spiro atoms. The summed E-state index contributed by atoms with van der Waals surface area (Å²) in [5.41, 5.74) is 1.20. The summed E-state index contributed by atoms with van der Waals surface area (Å²) < 4.78 is 10.5. The smallest absolute Gasteiger partial charge is 0.326 e. The van der Waals surface area contributed by atoms with Crippen LogP contribution in [0.3, 0.4) is 0 Å². The molecule has 1 N–H and O–H groups in total. The standard InChI is InChI=1S/C15H19NO5/c1-3-10(2)21-15(19)7-16-12-5-4-11(8-17)6-13(12)20-9-14(16)18/h4-6,10,17H,3,7-9H2,1-2H3. The number of benzene rings is 1. The molecule has 1 aliphatic rings. The topological polar surface area (TPSA) is 76.1 Å². The number of fused-ring (bicyclic) bond motifs is 1. The lowest BCUT2D eigenvalue weighted by Crippen LogP contribution is -2.42. The molecule has 1 aromatic carbocycles. The van der Waals surface area contributed by atoms with Crippen LogP contribution in [-0.2, 0) is 20.9 Å². The number of esters is 1. The van der Waals surface area contributed by atoms with E-state index in [0.717, 1.165) is 6.42 Å². The molecule has 0 aromatic heterocycles. The number of carbonyl (C=O) groups excluding carboxylic acids is 2. The van der Waals surface area contributed by atoms with Gasteiger partial charge in [-0.05, 0) is 31.0 Å². The van der Waals surface area contributed by atoms with Crippen molar-refractivity contribution in [3.63, 3.8) is 0 Å². The number of nitrogens with zero attached hydrogens (tertiary/aromatic N) is 1. The predicted molar refractivity (Wildman–Crippen MR) is 76.1 cm³/mol. The molecule has 1 unspecified atom stereocenters. The van der Waals surface area contributed by atoms with Crippen molar-refractivity contribution in [2.45, 2.75) is 33.0 Å². The molecule has 0 aliphatic carbocycles. The molecule has 1 aromatic rings. The Balaban J connectivity index is 2.16. The SMILES string of the molecule is CCC(C)OC(=O)CN1C(=O)COc2cc(CO)ccc21. The minimum Gasteiger partial charge on any atom is -0.482 e. The molecule has 0 fully saturated rings. The van der Waals surface area contributed by atoms with Crippen LogP contribution in [0.4, 0.5) is 5.69 Å². The number of anilines is 1. The average Bonchev–Trinajstić information content (AvgIpc) is 2.49. The lowest BCUT2D eigenvalue weighted by Gasteiger charge is -2.29. The largest absolute Gasteiger partial charge is 0.482 e. The second-order valence-corrected chi connectivity index (χ2v) is 4.94. The zero-order chi connectivity index (χ0) is 15.4. The van der Waals surface area contributed by atoms with Gasteiger partial charge in [-0.25, -0.2) is 0 Å². The van der Waals surface area contributed by atoms with Crippen LogP contribution in [0.5, 0.6) is 5.75 Å². The zero-order valence-electron chi connectivity index (χ0n) is 12.2. The Labute approximate surface area is 123 Å². The van der Waals surface area contributed by atoms with Crippen LogP contribution in [0.25, 0.3) is 0 Å². The minimum absolute atomic E-state index is 0.110. The quantitative estimate of drug-likeness (QED) is 0.827. The van der Waals surface area contributed by atoms with Crippen molar-refractivity contribution in [3.8, 4) is 5.75 Å². The monoisotopic (exact) mass is 293 g/mol. The molecule has 21 heavy (non-hydrogen) atoms. The molecule has 1 atom stereocenters. The summed E-state index contributed by atoms with van der Waals surface area (Å²) in [6, 6.07) is 5.01. The molecule has 0 saturated heterocycles. The van der Waals surface area contributed by atoms with E-state index < -0.39 is 5.97 Å². The Morgan fingerprint density at radius 1 is 1.52 bits per heavy atom. The molecule has 2 rings (SSSR count). The van der Waals surface area contributed by atoms with E-state index in [1.807, 2.05) is 6.92 Å². The Hall–Kier alpha value is -2.08. The van der Waals surface area contributed by atoms with E-state index >= 15 is 0 Å². The average molecular weight is 293 g/mol. The normalized spacial score (nSPS) is 15.2. The molecule has 0 bridgehead atoms. The number of rotatable bonds is 5. The van der Waals surface area contributed by atoms with Gasteiger partial charge in [-0.15, -0.1) is 0 Å². The fraction of sp³-hybridized carbons (Fsp3) is 0.467. The maximum absolute atomic E-state index is 11.9. The van der Waals surface area contributed by atoms with Crippen LogP contribution < -0.4 is 9.64 Å². The van der Waals surface area contributed by atoms with Gasteiger partial charge in [-0.1, -0.05) is 13.0 Å². The molecule has 1 aliphatic heterocycles. The third kappa shape index (κ3) is 3.52. The highest BCUT2D eigenvalue weighted by Gasteiger charge is 2.28. The summed E-state index contributed by atoms with van der Waals surface area (Å²) >= 11 is 0. The van der Waals surface area contributed by atoms with E-state index in [4.69, 9.17) is 14.6 Å². The van der Waals surface area contributed by atoms with Crippen LogP contribution >= 0.6 is 0 Å². The lowest BCUT2D eigenvalue weighted by molar-refractivity contribution is -0.147. The minimum atomic E-state index is -0.447. The molecule has 1 heterocycles. The van der Waals surface area contributed by atoms with Crippen molar-refractivity contribution in [1.82, 2.24) is 0 Å². The number of carbonyl (C=O) groups is 2. The van der Waals surface area contributed by atoms with Crippen LogP contribution in [0, 0.1) is 0 Å². The van der Waals surface area contributed by atoms with E-state index in [-0.39, 0.29) is 31.8 Å². The highest BCUT2D eigenvalue weighted by molar-refractivity contribution is 6.01. The van der Waals surface area contributed by atoms with Gasteiger partial charge < -0.3 is 14.6 Å². The first kappa shape index (κ1) is 15.3. The van der Waals surface area contributed by atoms with Gasteiger partial charge in [0.2, 0.25) is 0 Å². The van der Waals surface area contributed by atoms with Gasteiger partial charge in [-0.2, -0.15) is 0 Å².